The van der Waals surface area contributed by atoms with E-state index in [1.807, 2.05) is 25.1 Å². The summed E-state index contributed by atoms with van der Waals surface area (Å²) in [6.45, 7) is 4.76. The van der Waals surface area contributed by atoms with E-state index in [1.54, 1.807) is 0 Å². The molecule has 1 amide bonds. The minimum atomic E-state index is -0.129. The lowest BCUT2D eigenvalue weighted by Crippen LogP contribution is -2.20. The van der Waals surface area contributed by atoms with Gasteiger partial charge >= 0.3 is 0 Å². The van der Waals surface area contributed by atoms with Gasteiger partial charge in [0.15, 0.2) is 0 Å². The third kappa shape index (κ3) is 2.72. The molecule has 4 heteroatoms. The summed E-state index contributed by atoms with van der Waals surface area (Å²) >= 11 is 0. The average Bonchev–Trinajstić information content (AvgIpc) is 2.89. The van der Waals surface area contributed by atoms with Crippen LogP contribution in [0, 0.1) is 6.92 Å². The first-order chi connectivity index (χ1) is 10.7. The van der Waals surface area contributed by atoms with Crippen LogP contribution in [-0.2, 0) is 11.3 Å². The summed E-state index contributed by atoms with van der Waals surface area (Å²) in [7, 11) is 0. The van der Waals surface area contributed by atoms with Gasteiger partial charge in [-0.3, -0.25) is 4.79 Å². The van der Waals surface area contributed by atoms with Gasteiger partial charge in [-0.1, -0.05) is 42.0 Å². The van der Waals surface area contributed by atoms with E-state index >= 15 is 0 Å². The Kier molecular flexibility index (Phi) is 3.92. The second kappa shape index (κ2) is 6.02. The van der Waals surface area contributed by atoms with Crippen molar-refractivity contribution in [3.05, 3.63) is 65.5 Å². The van der Waals surface area contributed by atoms with E-state index in [4.69, 9.17) is 0 Å². The van der Waals surface area contributed by atoms with Crippen molar-refractivity contribution in [1.29, 1.82) is 0 Å². The van der Waals surface area contributed by atoms with Gasteiger partial charge in [0.05, 0.1) is 17.1 Å². The Hall–Kier alpha value is -2.62. The maximum Gasteiger partial charge on any atom is 0.207 e. The van der Waals surface area contributed by atoms with Crippen LogP contribution >= 0.6 is 0 Å². The number of amides is 1. The van der Waals surface area contributed by atoms with Gasteiger partial charge in [0, 0.05) is 6.54 Å². The van der Waals surface area contributed by atoms with Crippen LogP contribution in [0.15, 0.2) is 48.5 Å². The summed E-state index contributed by atoms with van der Waals surface area (Å²) < 4.78 is 2.17. The molecule has 0 spiro atoms. The van der Waals surface area contributed by atoms with E-state index in [0.717, 1.165) is 29.8 Å². The van der Waals surface area contributed by atoms with Crippen LogP contribution in [0.1, 0.15) is 29.9 Å². The van der Waals surface area contributed by atoms with Gasteiger partial charge in [-0.25, -0.2) is 4.98 Å². The van der Waals surface area contributed by atoms with E-state index in [1.165, 1.54) is 11.1 Å². The summed E-state index contributed by atoms with van der Waals surface area (Å²) in [5, 5.41) is 2.79. The van der Waals surface area contributed by atoms with Gasteiger partial charge in [0.25, 0.3) is 0 Å². The van der Waals surface area contributed by atoms with Gasteiger partial charge in [-0.15, -0.1) is 0 Å². The van der Waals surface area contributed by atoms with E-state index in [2.05, 4.69) is 52.1 Å². The molecule has 0 saturated carbocycles. The highest BCUT2D eigenvalue weighted by molar-refractivity contribution is 5.76. The molecule has 3 aromatic rings. The number of para-hydroxylation sites is 2. The topological polar surface area (TPSA) is 46.9 Å². The SMILES string of the molecule is Cc1ccc(Cn2c([C@@H](C)NC=O)nc3ccccc32)cc1. The van der Waals surface area contributed by atoms with Crippen molar-refractivity contribution in [1.82, 2.24) is 14.9 Å². The van der Waals surface area contributed by atoms with Gasteiger partial charge < -0.3 is 9.88 Å². The normalized spacial score (nSPS) is 12.3. The van der Waals surface area contributed by atoms with E-state index in [9.17, 15) is 4.79 Å². The lowest BCUT2D eigenvalue weighted by molar-refractivity contribution is -0.110. The first-order valence-electron chi connectivity index (χ1n) is 7.39. The number of carbonyl (C=O) groups is 1. The highest BCUT2D eigenvalue weighted by atomic mass is 16.1. The molecule has 0 aliphatic rings. The van der Waals surface area contributed by atoms with Crippen molar-refractivity contribution in [2.24, 2.45) is 0 Å². The molecule has 22 heavy (non-hydrogen) atoms. The lowest BCUT2D eigenvalue weighted by atomic mass is 10.1. The summed E-state index contributed by atoms with van der Waals surface area (Å²) in [6.07, 6.45) is 0.722. The average molecular weight is 293 g/mol. The zero-order chi connectivity index (χ0) is 15.5. The molecule has 3 rings (SSSR count). The van der Waals surface area contributed by atoms with E-state index < -0.39 is 0 Å². The lowest BCUT2D eigenvalue weighted by Gasteiger charge is -2.14. The van der Waals surface area contributed by atoms with Crippen LogP contribution in [0.2, 0.25) is 0 Å². The highest BCUT2D eigenvalue weighted by Gasteiger charge is 2.16. The van der Waals surface area contributed by atoms with Gasteiger partial charge in [0.1, 0.15) is 5.82 Å². The number of benzene rings is 2. The fourth-order valence-electron chi connectivity index (χ4n) is 2.64. The first kappa shape index (κ1) is 14.3. The Bertz CT molecular complexity index is 790. The van der Waals surface area contributed by atoms with Crippen molar-refractivity contribution in [2.45, 2.75) is 26.4 Å². The number of aromatic nitrogens is 2. The molecule has 1 atom stereocenters. The third-order valence-electron chi connectivity index (χ3n) is 3.85. The molecule has 1 N–H and O–H groups in total. The van der Waals surface area contributed by atoms with Crippen molar-refractivity contribution < 1.29 is 4.79 Å². The predicted octanol–water partition coefficient (Wildman–Crippen LogP) is 3.20. The minimum Gasteiger partial charge on any atom is -0.349 e. The van der Waals surface area contributed by atoms with Crippen LogP contribution < -0.4 is 5.32 Å². The number of fused-ring (bicyclic) bond motifs is 1. The fourth-order valence-corrected chi connectivity index (χ4v) is 2.64. The molecule has 2 aromatic carbocycles. The van der Waals surface area contributed by atoms with Gasteiger partial charge in [-0.05, 0) is 31.5 Å². The van der Waals surface area contributed by atoms with Crippen LogP contribution in [0.5, 0.6) is 0 Å². The highest BCUT2D eigenvalue weighted by Crippen LogP contribution is 2.22. The largest absolute Gasteiger partial charge is 0.349 e. The van der Waals surface area contributed by atoms with Gasteiger partial charge in [0.2, 0.25) is 6.41 Å². The Morgan fingerprint density at radius 2 is 1.91 bits per heavy atom. The van der Waals surface area contributed by atoms with Crippen LogP contribution in [0.25, 0.3) is 11.0 Å². The third-order valence-corrected chi connectivity index (χ3v) is 3.85. The number of imidazole rings is 1. The van der Waals surface area contributed by atoms with Crippen LogP contribution in [0.4, 0.5) is 0 Å². The molecule has 0 fully saturated rings. The Morgan fingerprint density at radius 1 is 1.18 bits per heavy atom. The number of hydrogen-bond acceptors (Lipinski definition) is 2. The number of hydrogen-bond donors (Lipinski definition) is 1. The molecular formula is C18H19N3O. The van der Waals surface area contributed by atoms with Crippen molar-refractivity contribution in [3.8, 4) is 0 Å². The van der Waals surface area contributed by atoms with Crippen molar-refractivity contribution in [2.75, 3.05) is 0 Å². The second-order valence-corrected chi connectivity index (χ2v) is 5.54. The summed E-state index contributed by atoms with van der Waals surface area (Å²) in [5.41, 5.74) is 4.49. The van der Waals surface area contributed by atoms with E-state index in [-0.39, 0.29) is 6.04 Å². The summed E-state index contributed by atoms with van der Waals surface area (Å²) in [5.74, 6) is 0.869. The Morgan fingerprint density at radius 3 is 2.64 bits per heavy atom. The summed E-state index contributed by atoms with van der Waals surface area (Å²) in [6, 6.07) is 16.4. The number of nitrogens with one attached hydrogen (secondary N) is 1. The zero-order valence-corrected chi connectivity index (χ0v) is 12.8. The molecule has 0 radical (unpaired) electrons. The molecule has 4 nitrogen and oxygen atoms in total. The van der Waals surface area contributed by atoms with Crippen molar-refractivity contribution >= 4 is 17.4 Å². The number of aryl methyl sites for hydroxylation is 1. The number of nitrogens with zero attached hydrogens (tertiary/aromatic N) is 2. The zero-order valence-electron chi connectivity index (χ0n) is 12.8. The summed E-state index contributed by atoms with van der Waals surface area (Å²) in [4.78, 5) is 15.4. The Balaban J connectivity index is 2.06. The molecule has 1 heterocycles. The molecule has 112 valence electrons. The molecule has 1 aromatic heterocycles. The monoisotopic (exact) mass is 293 g/mol. The molecular weight excluding hydrogens is 274 g/mol. The molecule has 0 aliphatic heterocycles. The first-order valence-corrected chi connectivity index (χ1v) is 7.39. The molecule has 0 saturated heterocycles. The number of carbonyl (C=O) groups excluding carboxylic acids is 1. The standard InChI is InChI=1S/C18H19N3O/c1-13-7-9-15(10-8-13)11-21-17-6-4-3-5-16(17)20-18(21)14(2)19-12-22/h3-10,12,14H,11H2,1-2H3,(H,19,22)/t14-/m1/s1. The maximum atomic E-state index is 10.8. The smallest absolute Gasteiger partial charge is 0.207 e. The maximum absolute atomic E-state index is 10.8. The van der Waals surface area contributed by atoms with E-state index in [0.29, 0.717) is 0 Å². The molecule has 0 aliphatic carbocycles. The quantitative estimate of drug-likeness (QED) is 0.734. The van der Waals surface area contributed by atoms with Crippen LogP contribution in [-0.4, -0.2) is 16.0 Å². The Labute approximate surface area is 129 Å². The molecule has 0 bridgehead atoms. The van der Waals surface area contributed by atoms with Crippen molar-refractivity contribution in [3.63, 3.8) is 0 Å². The fraction of sp³-hybridized carbons (Fsp3) is 0.222. The number of rotatable bonds is 5. The predicted molar refractivity (Wildman–Crippen MR) is 87.6 cm³/mol. The van der Waals surface area contributed by atoms with Crippen LogP contribution in [0.3, 0.4) is 0 Å². The van der Waals surface area contributed by atoms with Gasteiger partial charge in [-0.2, -0.15) is 0 Å². The second-order valence-electron chi connectivity index (χ2n) is 5.54. The molecule has 0 unspecified atom stereocenters. The minimum absolute atomic E-state index is 0.129.